The van der Waals surface area contributed by atoms with Gasteiger partial charge in [-0.2, -0.15) is 4.39 Å². The number of halogens is 1. The molecule has 0 radical (unpaired) electrons. The van der Waals surface area contributed by atoms with Crippen molar-refractivity contribution in [2.75, 3.05) is 11.9 Å². The van der Waals surface area contributed by atoms with Crippen LogP contribution in [-0.4, -0.2) is 37.0 Å². The summed E-state index contributed by atoms with van der Waals surface area (Å²) < 4.78 is 20.1. The number of nitrogens with zero attached hydrogens (tertiary/aromatic N) is 5. The maximum atomic E-state index is 14.7. The Morgan fingerprint density at radius 3 is 3.10 bits per heavy atom. The summed E-state index contributed by atoms with van der Waals surface area (Å²) in [6.07, 6.45) is 10.7. The van der Waals surface area contributed by atoms with Gasteiger partial charge in [0.25, 0.3) is 0 Å². The van der Waals surface area contributed by atoms with Crippen LogP contribution in [0.2, 0.25) is 0 Å². The van der Waals surface area contributed by atoms with Crippen LogP contribution >= 0.6 is 11.8 Å². The number of hydrogen-bond donors (Lipinski definition) is 2. The maximum absolute atomic E-state index is 14.7. The normalized spacial score (nSPS) is 24.1. The summed E-state index contributed by atoms with van der Waals surface area (Å²) in [5.41, 5.74) is 7.33. The standard InChI is InChI=1S/C21H18FN7OS/c1-3-6-30-16-10-25-17-14(28-16)4-5-24-19(17)27-11-7-13(18(22)26-9-11)21(2)12-8-15(12)31-20(23)29-21/h1,4-5,7,9-10,12,15H,6,8H2,2H3,(H2,23,29)(H,24,27). The van der Waals surface area contributed by atoms with Crippen LogP contribution in [0.15, 0.2) is 35.7 Å². The molecule has 3 aromatic rings. The molecule has 1 aliphatic heterocycles. The van der Waals surface area contributed by atoms with Crippen molar-refractivity contribution in [1.29, 1.82) is 0 Å². The predicted molar refractivity (Wildman–Crippen MR) is 118 cm³/mol. The number of pyridine rings is 2. The maximum Gasteiger partial charge on any atom is 0.233 e. The largest absolute Gasteiger partial charge is 0.463 e. The van der Waals surface area contributed by atoms with Gasteiger partial charge in [0.1, 0.15) is 5.52 Å². The topological polar surface area (TPSA) is 111 Å². The highest BCUT2D eigenvalue weighted by Gasteiger charge is 2.55. The summed E-state index contributed by atoms with van der Waals surface area (Å²) in [6, 6.07) is 3.43. The first kappa shape index (κ1) is 19.5. The summed E-state index contributed by atoms with van der Waals surface area (Å²) in [7, 11) is 0. The van der Waals surface area contributed by atoms with Gasteiger partial charge in [0.15, 0.2) is 17.6 Å². The number of fused-ring (bicyclic) bond motifs is 2. The van der Waals surface area contributed by atoms with E-state index in [1.165, 1.54) is 12.4 Å². The van der Waals surface area contributed by atoms with Crippen molar-refractivity contribution in [2.24, 2.45) is 16.6 Å². The molecule has 3 atom stereocenters. The number of ether oxygens (including phenoxy) is 1. The summed E-state index contributed by atoms with van der Waals surface area (Å²) in [6.45, 7) is 2.01. The van der Waals surface area contributed by atoms with Crippen LogP contribution in [0, 0.1) is 24.2 Å². The van der Waals surface area contributed by atoms with Crippen molar-refractivity contribution in [1.82, 2.24) is 19.9 Å². The van der Waals surface area contributed by atoms with Gasteiger partial charge in [0.05, 0.1) is 29.1 Å². The van der Waals surface area contributed by atoms with Crippen LogP contribution < -0.4 is 15.8 Å². The fraction of sp³-hybridized carbons (Fsp3) is 0.286. The Labute approximate surface area is 182 Å². The van der Waals surface area contributed by atoms with Gasteiger partial charge in [-0.3, -0.25) is 4.99 Å². The average molecular weight is 435 g/mol. The second-order valence-corrected chi connectivity index (χ2v) is 8.77. The molecule has 0 spiro atoms. The van der Waals surface area contributed by atoms with Crippen LogP contribution in [-0.2, 0) is 5.54 Å². The molecule has 1 aliphatic carbocycles. The number of rotatable bonds is 5. The van der Waals surface area contributed by atoms with Crippen molar-refractivity contribution >= 4 is 39.5 Å². The predicted octanol–water partition coefficient (Wildman–Crippen LogP) is 2.98. The van der Waals surface area contributed by atoms with Crippen LogP contribution in [0.1, 0.15) is 18.9 Å². The van der Waals surface area contributed by atoms with E-state index in [1.54, 1.807) is 30.1 Å². The Hall–Kier alpha value is -3.45. The first-order valence-corrected chi connectivity index (χ1v) is 10.5. The lowest BCUT2D eigenvalue weighted by atomic mass is 9.88. The summed E-state index contributed by atoms with van der Waals surface area (Å²) >= 11 is 1.56. The van der Waals surface area contributed by atoms with Gasteiger partial charge in [-0.15, -0.1) is 6.42 Å². The monoisotopic (exact) mass is 435 g/mol. The van der Waals surface area contributed by atoms with Crippen LogP contribution in [0.3, 0.4) is 0 Å². The lowest BCUT2D eigenvalue weighted by Crippen LogP contribution is -2.32. The molecule has 0 aromatic carbocycles. The van der Waals surface area contributed by atoms with Crippen molar-refractivity contribution in [2.45, 2.75) is 24.1 Å². The van der Waals surface area contributed by atoms with E-state index in [4.69, 9.17) is 16.9 Å². The number of amidine groups is 1. The SMILES string of the molecule is C#CCOc1cnc2c(Nc3cnc(F)c(C4(C)N=C(N)SC5CC54)c3)nccc2n1. The molecule has 1 fully saturated rings. The molecule has 2 aliphatic rings. The quantitative estimate of drug-likeness (QED) is 0.465. The van der Waals surface area contributed by atoms with Crippen LogP contribution in [0.25, 0.3) is 11.0 Å². The van der Waals surface area contributed by atoms with Crippen LogP contribution in [0.5, 0.6) is 5.88 Å². The first-order valence-electron chi connectivity index (χ1n) is 9.61. The molecule has 3 aromatic heterocycles. The molecule has 156 valence electrons. The van der Waals surface area contributed by atoms with E-state index in [0.717, 1.165) is 6.42 Å². The van der Waals surface area contributed by atoms with Gasteiger partial charge in [-0.1, -0.05) is 17.7 Å². The van der Waals surface area contributed by atoms with Gasteiger partial charge < -0.3 is 15.8 Å². The molecule has 0 bridgehead atoms. The lowest BCUT2D eigenvalue weighted by Gasteiger charge is -2.30. The summed E-state index contributed by atoms with van der Waals surface area (Å²) in [5.74, 6) is 2.86. The van der Waals surface area contributed by atoms with Crippen molar-refractivity contribution in [3.8, 4) is 18.2 Å². The molecule has 0 amide bonds. The Morgan fingerprint density at radius 1 is 1.39 bits per heavy atom. The number of nitrogens with one attached hydrogen (secondary N) is 1. The van der Waals surface area contributed by atoms with E-state index < -0.39 is 11.5 Å². The zero-order valence-electron chi connectivity index (χ0n) is 16.5. The third-order valence-electron chi connectivity index (χ3n) is 5.46. The number of terminal acetylenes is 1. The minimum atomic E-state index is -0.746. The summed E-state index contributed by atoms with van der Waals surface area (Å²) in [4.78, 5) is 21.7. The van der Waals surface area contributed by atoms with Gasteiger partial charge in [0.2, 0.25) is 11.8 Å². The third kappa shape index (κ3) is 3.51. The molecule has 8 nitrogen and oxygen atoms in total. The minimum Gasteiger partial charge on any atom is -0.463 e. The molecule has 31 heavy (non-hydrogen) atoms. The third-order valence-corrected chi connectivity index (χ3v) is 6.61. The molecule has 1 saturated carbocycles. The Balaban J connectivity index is 1.49. The second-order valence-electron chi connectivity index (χ2n) is 7.51. The molecular weight excluding hydrogens is 417 g/mol. The van der Waals surface area contributed by atoms with Gasteiger partial charge >= 0.3 is 0 Å². The van der Waals surface area contributed by atoms with E-state index in [1.807, 2.05) is 6.92 Å². The minimum absolute atomic E-state index is 0.104. The molecule has 4 heterocycles. The second kappa shape index (κ2) is 7.35. The number of nitrogens with two attached hydrogens (primary N) is 1. The van der Waals surface area contributed by atoms with E-state index in [9.17, 15) is 4.39 Å². The van der Waals surface area contributed by atoms with Crippen LogP contribution in [0.4, 0.5) is 15.9 Å². The lowest BCUT2D eigenvalue weighted by molar-refractivity contribution is 0.355. The molecule has 3 unspecified atom stereocenters. The molecule has 3 N–H and O–H groups in total. The Morgan fingerprint density at radius 2 is 2.26 bits per heavy atom. The van der Waals surface area contributed by atoms with Crippen molar-refractivity contribution in [3.05, 3.63) is 42.2 Å². The highest BCUT2D eigenvalue weighted by atomic mass is 32.2. The highest BCUT2D eigenvalue weighted by molar-refractivity contribution is 8.14. The van der Waals surface area contributed by atoms with Crippen molar-refractivity contribution in [3.63, 3.8) is 0 Å². The molecule has 5 rings (SSSR count). The van der Waals surface area contributed by atoms with Gasteiger partial charge in [-0.05, 0) is 25.5 Å². The van der Waals surface area contributed by atoms with E-state index in [2.05, 4.69) is 36.2 Å². The molecule has 0 saturated heterocycles. The Kier molecular flexibility index (Phi) is 4.63. The zero-order valence-corrected chi connectivity index (χ0v) is 17.4. The first-order chi connectivity index (χ1) is 15.0. The summed E-state index contributed by atoms with van der Waals surface area (Å²) in [5, 5.41) is 4.03. The number of hydrogen-bond acceptors (Lipinski definition) is 9. The van der Waals surface area contributed by atoms with E-state index in [0.29, 0.717) is 44.4 Å². The Bertz CT molecular complexity index is 1260. The zero-order chi connectivity index (χ0) is 21.6. The van der Waals surface area contributed by atoms with E-state index >= 15 is 0 Å². The fourth-order valence-electron chi connectivity index (χ4n) is 3.86. The van der Waals surface area contributed by atoms with E-state index in [-0.39, 0.29) is 12.5 Å². The fourth-order valence-corrected chi connectivity index (χ4v) is 5.15. The van der Waals surface area contributed by atoms with Crippen molar-refractivity contribution < 1.29 is 9.13 Å². The van der Waals surface area contributed by atoms with Gasteiger partial charge in [-0.25, -0.2) is 19.9 Å². The number of thioether (sulfide) groups is 1. The highest BCUT2D eigenvalue weighted by Crippen LogP contribution is 2.57. The molecule has 10 heteroatoms. The number of aromatic nitrogens is 4. The average Bonchev–Trinajstić information content (AvgIpc) is 3.54. The van der Waals surface area contributed by atoms with Gasteiger partial charge in [0, 0.05) is 22.9 Å². The number of aliphatic imine (C=N–C) groups is 1. The number of anilines is 2. The smallest absolute Gasteiger partial charge is 0.233 e. The molecular formula is C21H18FN7OS.